The van der Waals surface area contributed by atoms with Crippen molar-refractivity contribution in [3.63, 3.8) is 0 Å². The van der Waals surface area contributed by atoms with Crippen LogP contribution in [0, 0.1) is 30.1 Å². The van der Waals surface area contributed by atoms with E-state index in [4.69, 9.17) is 16.7 Å². The molecule has 2 aromatic heterocycles. The molecule has 3 unspecified atom stereocenters. The highest BCUT2D eigenvalue weighted by atomic mass is 35.5. The van der Waals surface area contributed by atoms with Crippen molar-refractivity contribution in [1.82, 2.24) is 15.1 Å². The summed E-state index contributed by atoms with van der Waals surface area (Å²) in [5.41, 5.74) is 6.66. The maximum absolute atomic E-state index is 13.4. The largest absolute Gasteiger partial charge is 0.350 e. The van der Waals surface area contributed by atoms with Gasteiger partial charge in [-0.05, 0) is 61.0 Å². The average Bonchev–Trinajstić information content (AvgIpc) is 3.43. The minimum Gasteiger partial charge on any atom is -0.350 e. The van der Waals surface area contributed by atoms with Gasteiger partial charge in [-0.15, -0.1) is 11.3 Å². The number of aromatic nitrogens is 2. The fourth-order valence-corrected chi connectivity index (χ4v) is 7.82. The number of thiophene rings is 1. The minimum absolute atomic E-state index is 0.0330. The lowest BCUT2D eigenvalue weighted by Crippen LogP contribution is -2.54. The second-order valence-corrected chi connectivity index (χ2v) is 12.6. The van der Waals surface area contributed by atoms with E-state index in [-0.39, 0.29) is 5.91 Å². The molecule has 0 saturated heterocycles. The summed E-state index contributed by atoms with van der Waals surface area (Å²) in [6.07, 6.45) is 4.59. The van der Waals surface area contributed by atoms with Crippen LogP contribution in [0.4, 0.5) is 0 Å². The van der Waals surface area contributed by atoms with E-state index >= 15 is 0 Å². The third kappa shape index (κ3) is 3.47. The number of carbonyl (C=O) groups is 1. The van der Waals surface area contributed by atoms with E-state index in [0.717, 1.165) is 46.0 Å². The molecule has 0 spiro atoms. The van der Waals surface area contributed by atoms with Crippen molar-refractivity contribution < 1.29 is 4.79 Å². The third-order valence-electron chi connectivity index (χ3n) is 8.62. The predicted molar refractivity (Wildman–Crippen MR) is 134 cm³/mol. The number of rotatable bonds is 5. The Balaban J connectivity index is 1.27. The summed E-state index contributed by atoms with van der Waals surface area (Å²) < 4.78 is 2.79. The number of benzene rings is 1. The van der Waals surface area contributed by atoms with Crippen LogP contribution in [0.3, 0.4) is 0 Å². The van der Waals surface area contributed by atoms with Crippen molar-refractivity contribution >= 4 is 28.8 Å². The zero-order valence-corrected chi connectivity index (χ0v) is 21.0. The number of amides is 1. The van der Waals surface area contributed by atoms with Crippen LogP contribution in [0.25, 0.3) is 11.3 Å². The number of nitrogens with zero attached hydrogens (tertiary/aromatic N) is 2. The molecular formula is C27H30ClN3OS. The molecule has 0 aliphatic heterocycles. The van der Waals surface area contributed by atoms with Gasteiger partial charge in [0.1, 0.15) is 0 Å². The van der Waals surface area contributed by atoms with Crippen LogP contribution in [-0.2, 0) is 13.0 Å². The van der Waals surface area contributed by atoms with E-state index in [1.807, 2.05) is 10.7 Å². The lowest BCUT2D eigenvalue weighted by Gasteiger charge is -2.60. The van der Waals surface area contributed by atoms with E-state index in [1.54, 1.807) is 11.3 Å². The van der Waals surface area contributed by atoms with Gasteiger partial charge in [0.05, 0.1) is 16.6 Å². The first-order valence-corrected chi connectivity index (χ1v) is 13.2. The molecule has 1 N–H and O–H groups in total. The molecule has 2 heterocycles. The molecule has 33 heavy (non-hydrogen) atoms. The molecule has 1 aromatic carbocycles. The number of halogens is 1. The standard InChI is InChI=1S/C27H30ClN3OS/c1-15-4-6-16(7-5-15)14-31-25-19-12-23(28)33-22(19)11-20(25)24(30-31)26(32)29-13-17-8-9-18-10-21(17)27(18,2)3/h4-7,12,17-18,21H,8-11,13-14H2,1-3H3,(H,29,32). The smallest absolute Gasteiger partial charge is 0.272 e. The molecule has 7 rings (SSSR count). The highest BCUT2D eigenvalue weighted by molar-refractivity contribution is 7.16. The molecule has 4 aliphatic carbocycles. The number of fused-ring (bicyclic) bond motifs is 5. The van der Waals surface area contributed by atoms with Crippen LogP contribution in [-0.4, -0.2) is 22.2 Å². The van der Waals surface area contributed by atoms with Crippen molar-refractivity contribution in [1.29, 1.82) is 0 Å². The average molecular weight is 480 g/mol. The first-order valence-electron chi connectivity index (χ1n) is 12.0. The van der Waals surface area contributed by atoms with E-state index in [1.165, 1.54) is 35.3 Å². The van der Waals surface area contributed by atoms with Crippen LogP contribution in [0.15, 0.2) is 30.3 Å². The lowest BCUT2D eigenvalue weighted by atomic mass is 9.45. The molecule has 0 radical (unpaired) electrons. The highest BCUT2D eigenvalue weighted by Crippen LogP contribution is 2.61. The molecule has 3 saturated carbocycles. The summed E-state index contributed by atoms with van der Waals surface area (Å²) in [5.74, 6) is 2.16. The Morgan fingerprint density at radius 3 is 2.79 bits per heavy atom. The SMILES string of the molecule is Cc1ccc(Cn2nc(C(=O)NCC3CCC4CC3C4(C)C)c3c2-c2cc(Cl)sc2C3)cc1. The summed E-state index contributed by atoms with van der Waals surface area (Å²) in [5, 5.41) is 8.11. The van der Waals surface area contributed by atoms with Crippen molar-refractivity contribution in [2.75, 3.05) is 6.54 Å². The van der Waals surface area contributed by atoms with Crippen LogP contribution in [0.5, 0.6) is 0 Å². The van der Waals surface area contributed by atoms with Gasteiger partial charge in [-0.25, -0.2) is 0 Å². The molecule has 4 aliphatic rings. The Morgan fingerprint density at radius 1 is 1.27 bits per heavy atom. The monoisotopic (exact) mass is 479 g/mol. The highest BCUT2D eigenvalue weighted by Gasteiger charge is 2.54. The zero-order chi connectivity index (χ0) is 22.9. The van der Waals surface area contributed by atoms with Gasteiger partial charge in [0.2, 0.25) is 0 Å². The number of nitrogens with one attached hydrogen (secondary N) is 1. The summed E-state index contributed by atoms with van der Waals surface area (Å²) in [6, 6.07) is 10.5. The van der Waals surface area contributed by atoms with Crippen molar-refractivity contribution in [2.45, 2.75) is 53.0 Å². The molecule has 3 atom stereocenters. The second-order valence-electron chi connectivity index (χ2n) is 10.8. The first-order chi connectivity index (χ1) is 15.8. The van der Waals surface area contributed by atoms with Crippen LogP contribution < -0.4 is 5.32 Å². The van der Waals surface area contributed by atoms with E-state index in [0.29, 0.717) is 23.6 Å². The fraction of sp³-hybridized carbons (Fsp3) is 0.481. The number of aryl methyl sites for hydroxylation is 1. The normalized spacial score (nSPS) is 24.2. The van der Waals surface area contributed by atoms with E-state index < -0.39 is 0 Å². The molecule has 3 aromatic rings. The number of hydrogen-bond acceptors (Lipinski definition) is 3. The minimum atomic E-state index is -0.0330. The van der Waals surface area contributed by atoms with E-state index in [2.05, 4.69) is 50.4 Å². The summed E-state index contributed by atoms with van der Waals surface area (Å²) in [7, 11) is 0. The second kappa shape index (κ2) is 7.71. The Hall–Kier alpha value is -2.11. The van der Waals surface area contributed by atoms with Gasteiger partial charge >= 0.3 is 0 Å². The number of carbonyl (C=O) groups excluding carboxylic acids is 1. The van der Waals surface area contributed by atoms with Crippen molar-refractivity contribution in [3.8, 4) is 11.3 Å². The molecule has 1 amide bonds. The van der Waals surface area contributed by atoms with Gasteiger partial charge in [0, 0.05) is 29.0 Å². The van der Waals surface area contributed by atoms with E-state index in [9.17, 15) is 4.79 Å². The maximum Gasteiger partial charge on any atom is 0.272 e. The van der Waals surface area contributed by atoms with Crippen LogP contribution in [0.1, 0.15) is 65.2 Å². The van der Waals surface area contributed by atoms with Gasteiger partial charge < -0.3 is 5.32 Å². The van der Waals surface area contributed by atoms with Gasteiger partial charge in [-0.2, -0.15) is 5.10 Å². The predicted octanol–water partition coefficient (Wildman–Crippen LogP) is 6.33. The quantitative estimate of drug-likeness (QED) is 0.363. The van der Waals surface area contributed by atoms with Crippen molar-refractivity contribution in [2.24, 2.45) is 23.2 Å². The molecule has 172 valence electrons. The molecule has 4 nitrogen and oxygen atoms in total. The summed E-state index contributed by atoms with van der Waals surface area (Å²) in [6.45, 7) is 8.30. The van der Waals surface area contributed by atoms with Crippen LogP contribution >= 0.6 is 22.9 Å². The van der Waals surface area contributed by atoms with Crippen LogP contribution in [0.2, 0.25) is 4.34 Å². The van der Waals surface area contributed by atoms with Gasteiger partial charge in [-0.1, -0.05) is 55.3 Å². The Morgan fingerprint density at radius 2 is 2.06 bits per heavy atom. The van der Waals surface area contributed by atoms with Gasteiger partial charge in [-0.3, -0.25) is 9.48 Å². The molecule has 2 bridgehead atoms. The molecular weight excluding hydrogens is 450 g/mol. The zero-order valence-electron chi connectivity index (χ0n) is 19.5. The summed E-state index contributed by atoms with van der Waals surface area (Å²) in [4.78, 5) is 14.6. The molecule has 6 heteroatoms. The third-order valence-corrected chi connectivity index (χ3v) is 9.88. The first kappa shape index (κ1) is 21.4. The fourth-order valence-electron chi connectivity index (χ4n) is 6.53. The van der Waals surface area contributed by atoms with Gasteiger partial charge in [0.25, 0.3) is 5.91 Å². The lowest BCUT2D eigenvalue weighted by molar-refractivity contribution is -0.103. The summed E-state index contributed by atoms with van der Waals surface area (Å²) >= 11 is 7.94. The Kier molecular flexibility index (Phi) is 5.00. The Bertz CT molecular complexity index is 1240. The van der Waals surface area contributed by atoms with Crippen molar-refractivity contribution in [3.05, 3.63) is 61.9 Å². The van der Waals surface area contributed by atoms with Gasteiger partial charge in [0.15, 0.2) is 5.69 Å². The molecule has 3 fully saturated rings. The maximum atomic E-state index is 13.4. The topological polar surface area (TPSA) is 46.9 Å². The number of hydrogen-bond donors (Lipinski definition) is 1. The Labute approximate surface area is 204 Å².